The van der Waals surface area contributed by atoms with E-state index in [4.69, 9.17) is 0 Å². The van der Waals surface area contributed by atoms with Crippen molar-refractivity contribution >= 4 is 29.2 Å². The van der Waals surface area contributed by atoms with Crippen molar-refractivity contribution in [2.75, 3.05) is 6.54 Å². The summed E-state index contributed by atoms with van der Waals surface area (Å²) in [6.45, 7) is 2.90. The number of rotatable bonds is 6. The van der Waals surface area contributed by atoms with E-state index in [1.807, 2.05) is 35.7 Å². The van der Waals surface area contributed by atoms with Crippen molar-refractivity contribution in [1.82, 2.24) is 20.5 Å². The van der Waals surface area contributed by atoms with Gasteiger partial charge < -0.3 is 10.6 Å². The van der Waals surface area contributed by atoms with Gasteiger partial charge in [0.25, 0.3) is 5.91 Å². The number of nitrogens with one attached hydrogen (secondary N) is 2. The van der Waals surface area contributed by atoms with Gasteiger partial charge in [0.05, 0.1) is 11.7 Å². The number of pyridine rings is 1. The SMILES string of the molecule is CC1(C)NC(=O)N(CC(=O)N[C@H](Cc2cccs2)c2ccccn2)C1=O. The second kappa shape index (κ2) is 7.25. The number of hydrogen-bond acceptors (Lipinski definition) is 5. The van der Waals surface area contributed by atoms with E-state index >= 15 is 0 Å². The minimum absolute atomic E-state index is 0.318. The van der Waals surface area contributed by atoms with E-state index in [-0.39, 0.29) is 12.6 Å². The van der Waals surface area contributed by atoms with Gasteiger partial charge in [0.2, 0.25) is 5.91 Å². The molecule has 0 spiro atoms. The zero-order valence-electron chi connectivity index (χ0n) is 14.6. The van der Waals surface area contributed by atoms with Gasteiger partial charge in [0, 0.05) is 17.5 Å². The van der Waals surface area contributed by atoms with E-state index in [0.717, 1.165) is 15.5 Å². The summed E-state index contributed by atoms with van der Waals surface area (Å²) in [6, 6.07) is 8.56. The Kier molecular flexibility index (Phi) is 5.03. The van der Waals surface area contributed by atoms with Crippen LogP contribution in [0.2, 0.25) is 0 Å². The van der Waals surface area contributed by atoms with E-state index in [1.165, 1.54) is 0 Å². The normalized spacial score (nSPS) is 17.1. The summed E-state index contributed by atoms with van der Waals surface area (Å²) in [5, 5.41) is 7.44. The highest BCUT2D eigenvalue weighted by molar-refractivity contribution is 7.09. The fourth-order valence-corrected chi connectivity index (χ4v) is 3.54. The highest BCUT2D eigenvalue weighted by Crippen LogP contribution is 2.21. The number of aromatic nitrogens is 1. The quantitative estimate of drug-likeness (QED) is 0.758. The van der Waals surface area contributed by atoms with Gasteiger partial charge in [-0.2, -0.15) is 0 Å². The lowest BCUT2D eigenvalue weighted by molar-refractivity contribution is -0.134. The molecule has 2 aromatic heterocycles. The zero-order chi connectivity index (χ0) is 18.7. The third kappa shape index (κ3) is 3.91. The number of imide groups is 1. The Morgan fingerprint density at radius 3 is 2.69 bits per heavy atom. The minimum atomic E-state index is -0.991. The van der Waals surface area contributed by atoms with Gasteiger partial charge in [-0.1, -0.05) is 12.1 Å². The van der Waals surface area contributed by atoms with Crippen molar-refractivity contribution in [3.05, 3.63) is 52.5 Å². The maximum Gasteiger partial charge on any atom is 0.325 e. The summed E-state index contributed by atoms with van der Waals surface area (Å²) < 4.78 is 0. The van der Waals surface area contributed by atoms with Crippen molar-refractivity contribution < 1.29 is 14.4 Å². The topological polar surface area (TPSA) is 91.4 Å². The average molecular weight is 372 g/mol. The zero-order valence-corrected chi connectivity index (χ0v) is 15.4. The number of hydrogen-bond donors (Lipinski definition) is 2. The lowest BCUT2D eigenvalue weighted by atomic mass is 10.1. The molecule has 0 radical (unpaired) electrons. The Morgan fingerprint density at radius 2 is 2.12 bits per heavy atom. The Labute approximate surface area is 155 Å². The molecule has 2 aromatic rings. The molecule has 3 rings (SSSR count). The predicted molar refractivity (Wildman–Crippen MR) is 97.5 cm³/mol. The largest absolute Gasteiger partial charge is 0.346 e. The highest BCUT2D eigenvalue weighted by atomic mass is 32.1. The van der Waals surface area contributed by atoms with Crippen molar-refractivity contribution in [2.24, 2.45) is 0 Å². The van der Waals surface area contributed by atoms with Crippen molar-refractivity contribution in [3.63, 3.8) is 0 Å². The molecule has 7 nitrogen and oxygen atoms in total. The summed E-state index contributed by atoms with van der Waals surface area (Å²) in [6.07, 6.45) is 2.26. The molecule has 4 amide bonds. The summed E-state index contributed by atoms with van der Waals surface area (Å²) >= 11 is 1.60. The van der Waals surface area contributed by atoms with Crippen LogP contribution >= 0.6 is 11.3 Å². The van der Waals surface area contributed by atoms with Gasteiger partial charge >= 0.3 is 6.03 Å². The Hall–Kier alpha value is -2.74. The first-order valence-corrected chi connectivity index (χ1v) is 9.11. The van der Waals surface area contributed by atoms with Crippen LogP contribution < -0.4 is 10.6 Å². The van der Waals surface area contributed by atoms with Crippen molar-refractivity contribution in [2.45, 2.75) is 31.8 Å². The number of urea groups is 1. The number of carbonyl (C=O) groups is 3. The third-order valence-corrected chi connectivity index (χ3v) is 5.01. The van der Waals surface area contributed by atoms with Crippen LogP contribution in [0.1, 0.15) is 30.5 Å². The van der Waals surface area contributed by atoms with E-state index < -0.39 is 23.4 Å². The molecule has 3 heterocycles. The van der Waals surface area contributed by atoms with Crippen LogP contribution in [0.4, 0.5) is 4.79 Å². The molecule has 0 unspecified atom stereocenters. The van der Waals surface area contributed by atoms with E-state index in [9.17, 15) is 14.4 Å². The van der Waals surface area contributed by atoms with Gasteiger partial charge in [0.1, 0.15) is 12.1 Å². The fourth-order valence-electron chi connectivity index (χ4n) is 2.79. The third-order valence-electron chi connectivity index (χ3n) is 4.11. The maximum absolute atomic E-state index is 12.5. The molecule has 8 heteroatoms. The van der Waals surface area contributed by atoms with Crippen molar-refractivity contribution in [1.29, 1.82) is 0 Å². The first-order valence-electron chi connectivity index (χ1n) is 8.23. The van der Waals surface area contributed by atoms with Gasteiger partial charge in [-0.05, 0) is 37.4 Å². The molecule has 1 aliphatic rings. The first-order chi connectivity index (χ1) is 12.4. The van der Waals surface area contributed by atoms with E-state index in [2.05, 4.69) is 15.6 Å². The average Bonchev–Trinajstić information content (AvgIpc) is 3.17. The molecule has 136 valence electrons. The molecule has 1 fully saturated rings. The summed E-state index contributed by atoms with van der Waals surface area (Å²) in [5.74, 6) is -0.816. The Bertz CT molecular complexity index is 805. The molecule has 2 N–H and O–H groups in total. The molecule has 26 heavy (non-hydrogen) atoms. The fraction of sp³-hybridized carbons (Fsp3) is 0.333. The van der Waals surface area contributed by atoms with Crippen LogP contribution in [0.3, 0.4) is 0 Å². The standard InChI is InChI=1S/C18H20N4O3S/c1-18(2)16(24)22(17(25)21-18)11-15(23)20-14(10-12-6-5-9-26-12)13-7-3-4-8-19-13/h3-9,14H,10-11H2,1-2H3,(H,20,23)(H,21,25)/t14-/m1/s1. The van der Waals surface area contributed by atoms with E-state index in [1.54, 1.807) is 31.4 Å². The number of amides is 4. The molecular formula is C18H20N4O3S. The summed E-state index contributed by atoms with van der Waals surface area (Å²) in [5.41, 5.74) is -0.263. The molecule has 0 aliphatic carbocycles. The lowest BCUT2D eigenvalue weighted by Crippen LogP contribution is -2.44. The summed E-state index contributed by atoms with van der Waals surface area (Å²) in [4.78, 5) is 43.1. The number of carbonyl (C=O) groups excluding carboxylic acids is 3. The van der Waals surface area contributed by atoms with E-state index in [0.29, 0.717) is 6.42 Å². The molecule has 0 aromatic carbocycles. The Morgan fingerprint density at radius 1 is 1.31 bits per heavy atom. The van der Waals surface area contributed by atoms with Crippen LogP contribution in [0.5, 0.6) is 0 Å². The smallest absolute Gasteiger partial charge is 0.325 e. The van der Waals surface area contributed by atoms with Crippen LogP contribution in [0, 0.1) is 0 Å². The highest BCUT2D eigenvalue weighted by Gasteiger charge is 2.44. The van der Waals surface area contributed by atoms with Gasteiger partial charge in [-0.15, -0.1) is 11.3 Å². The second-order valence-electron chi connectivity index (χ2n) is 6.60. The molecule has 1 saturated heterocycles. The van der Waals surface area contributed by atoms with Crippen LogP contribution in [-0.2, 0) is 16.0 Å². The van der Waals surface area contributed by atoms with Gasteiger partial charge in [0.15, 0.2) is 0 Å². The molecular weight excluding hydrogens is 352 g/mol. The Balaban J connectivity index is 1.71. The summed E-state index contributed by atoms with van der Waals surface area (Å²) in [7, 11) is 0. The number of thiophene rings is 1. The molecule has 1 aliphatic heterocycles. The van der Waals surface area contributed by atoms with Crippen molar-refractivity contribution in [3.8, 4) is 0 Å². The monoisotopic (exact) mass is 372 g/mol. The molecule has 0 bridgehead atoms. The molecule has 0 saturated carbocycles. The first kappa shape index (κ1) is 18.1. The van der Waals surface area contributed by atoms with Crippen LogP contribution in [0.25, 0.3) is 0 Å². The predicted octanol–water partition coefficient (Wildman–Crippen LogP) is 1.87. The van der Waals surface area contributed by atoms with Gasteiger partial charge in [-0.25, -0.2) is 4.79 Å². The lowest BCUT2D eigenvalue weighted by Gasteiger charge is -2.20. The second-order valence-corrected chi connectivity index (χ2v) is 7.64. The maximum atomic E-state index is 12.5. The van der Waals surface area contributed by atoms with Gasteiger partial charge in [-0.3, -0.25) is 19.5 Å². The molecule has 1 atom stereocenters. The minimum Gasteiger partial charge on any atom is -0.346 e. The number of nitrogens with zero attached hydrogens (tertiary/aromatic N) is 2. The van der Waals surface area contributed by atoms with Crippen LogP contribution in [-0.4, -0.2) is 39.8 Å². The van der Waals surface area contributed by atoms with Crippen LogP contribution in [0.15, 0.2) is 41.9 Å².